The van der Waals surface area contributed by atoms with Crippen molar-refractivity contribution >= 4 is 22.9 Å². The standard InChI is InChI=1S/C13H12ClFO2S/c1-16-11-5-9(10(15)6-12(11)17-2)13(14)8-3-4-18-7-8/h3-7,13H,1-2H3. The zero-order valence-electron chi connectivity index (χ0n) is 9.94. The van der Waals surface area contributed by atoms with E-state index in [1.807, 2.05) is 16.8 Å². The molecule has 0 saturated heterocycles. The van der Waals surface area contributed by atoms with E-state index in [1.165, 1.54) is 31.6 Å². The lowest BCUT2D eigenvalue weighted by Gasteiger charge is -2.14. The molecule has 2 aromatic rings. The van der Waals surface area contributed by atoms with Crippen molar-refractivity contribution in [1.29, 1.82) is 0 Å². The fraction of sp³-hybridized carbons (Fsp3) is 0.231. The Balaban J connectivity index is 2.45. The van der Waals surface area contributed by atoms with E-state index in [0.29, 0.717) is 17.1 Å². The maximum absolute atomic E-state index is 14.0. The Morgan fingerprint density at radius 2 is 1.89 bits per heavy atom. The number of thiophene rings is 1. The van der Waals surface area contributed by atoms with E-state index in [0.717, 1.165) is 5.56 Å². The first-order chi connectivity index (χ1) is 8.67. The third kappa shape index (κ3) is 2.44. The molecule has 0 amide bonds. The molecule has 1 unspecified atom stereocenters. The lowest BCUT2D eigenvalue weighted by atomic mass is 10.1. The lowest BCUT2D eigenvalue weighted by Crippen LogP contribution is -1.99. The summed E-state index contributed by atoms with van der Waals surface area (Å²) >= 11 is 7.80. The maximum atomic E-state index is 14.0. The highest BCUT2D eigenvalue weighted by molar-refractivity contribution is 7.08. The predicted octanol–water partition coefficient (Wildman–Crippen LogP) is 4.23. The lowest BCUT2D eigenvalue weighted by molar-refractivity contribution is 0.351. The van der Waals surface area contributed by atoms with Gasteiger partial charge in [-0.3, -0.25) is 0 Å². The topological polar surface area (TPSA) is 18.5 Å². The quantitative estimate of drug-likeness (QED) is 0.783. The van der Waals surface area contributed by atoms with Crippen LogP contribution in [0.25, 0.3) is 0 Å². The van der Waals surface area contributed by atoms with Crippen LogP contribution in [0.15, 0.2) is 29.0 Å². The zero-order chi connectivity index (χ0) is 13.1. The van der Waals surface area contributed by atoms with Crippen molar-refractivity contribution in [3.05, 3.63) is 45.9 Å². The number of hydrogen-bond acceptors (Lipinski definition) is 3. The van der Waals surface area contributed by atoms with Gasteiger partial charge in [0.1, 0.15) is 5.82 Å². The van der Waals surface area contributed by atoms with Crippen LogP contribution in [0.2, 0.25) is 0 Å². The minimum absolute atomic E-state index is 0.355. The summed E-state index contributed by atoms with van der Waals surface area (Å²) < 4.78 is 24.2. The van der Waals surface area contributed by atoms with Gasteiger partial charge in [0.25, 0.3) is 0 Å². The number of alkyl halides is 1. The molecule has 1 heterocycles. The summed E-state index contributed by atoms with van der Waals surface area (Å²) in [5.74, 6) is 0.418. The van der Waals surface area contributed by atoms with E-state index in [1.54, 1.807) is 6.07 Å². The van der Waals surface area contributed by atoms with Crippen LogP contribution in [0.5, 0.6) is 11.5 Å². The SMILES string of the molecule is COc1cc(F)c(C(Cl)c2ccsc2)cc1OC. The fourth-order valence-electron chi connectivity index (χ4n) is 1.66. The van der Waals surface area contributed by atoms with Crippen molar-refractivity contribution in [3.63, 3.8) is 0 Å². The van der Waals surface area contributed by atoms with E-state index in [4.69, 9.17) is 21.1 Å². The monoisotopic (exact) mass is 286 g/mol. The van der Waals surface area contributed by atoms with Crippen molar-refractivity contribution < 1.29 is 13.9 Å². The number of halogens is 2. The molecule has 1 aromatic carbocycles. The summed E-state index contributed by atoms with van der Waals surface area (Å²) in [5.41, 5.74) is 1.25. The highest BCUT2D eigenvalue weighted by Crippen LogP contribution is 2.37. The molecule has 0 aliphatic carbocycles. The molecule has 0 saturated carbocycles. The number of hydrogen-bond donors (Lipinski definition) is 0. The van der Waals surface area contributed by atoms with Gasteiger partial charge in [0, 0.05) is 11.6 Å². The van der Waals surface area contributed by atoms with Gasteiger partial charge >= 0.3 is 0 Å². The molecule has 96 valence electrons. The van der Waals surface area contributed by atoms with Crippen LogP contribution in [0.1, 0.15) is 16.5 Å². The van der Waals surface area contributed by atoms with E-state index < -0.39 is 11.2 Å². The van der Waals surface area contributed by atoms with Crippen molar-refractivity contribution in [2.75, 3.05) is 14.2 Å². The van der Waals surface area contributed by atoms with Crippen LogP contribution in [0, 0.1) is 5.82 Å². The number of benzene rings is 1. The second kappa shape index (κ2) is 5.59. The molecule has 2 nitrogen and oxygen atoms in total. The molecule has 0 radical (unpaired) electrons. The zero-order valence-corrected chi connectivity index (χ0v) is 11.5. The molecule has 0 bridgehead atoms. The summed E-state index contributed by atoms with van der Waals surface area (Å²) in [6, 6.07) is 4.73. The van der Waals surface area contributed by atoms with Crippen LogP contribution in [0.3, 0.4) is 0 Å². The van der Waals surface area contributed by atoms with Crippen molar-refractivity contribution in [2.24, 2.45) is 0 Å². The Hall–Kier alpha value is -1.26. The van der Waals surface area contributed by atoms with Crippen molar-refractivity contribution in [2.45, 2.75) is 5.38 Å². The van der Waals surface area contributed by atoms with Gasteiger partial charge in [-0.2, -0.15) is 11.3 Å². The highest BCUT2D eigenvalue weighted by Gasteiger charge is 2.19. The Morgan fingerprint density at radius 3 is 2.44 bits per heavy atom. The molecule has 18 heavy (non-hydrogen) atoms. The third-order valence-corrected chi connectivity index (χ3v) is 3.80. The van der Waals surface area contributed by atoms with Crippen LogP contribution in [-0.2, 0) is 0 Å². The molecule has 0 spiro atoms. The molecule has 2 rings (SSSR count). The Morgan fingerprint density at radius 1 is 1.22 bits per heavy atom. The van der Waals surface area contributed by atoms with Gasteiger partial charge in [-0.05, 0) is 28.5 Å². The van der Waals surface area contributed by atoms with E-state index in [9.17, 15) is 4.39 Å². The summed E-state index contributed by atoms with van der Waals surface area (Å²) in [6.45, 7) is 0. The second-order valence-corrected chi connectivity index (χ2v) is 4.86. The van der Waals surface area contributed by atoms with Gasteiger partial charge in [0.05, 0.1) is 19.6 Å². The molecule has 0 N–H and O–H groups in total. The van der Waals surface area contributed by atoms with Crippen molar-refractivity contribution in [3.8, 4) is 11.5 Å². The smallest absolute Gasteiger partial charge is 0.163 e. The number of methoxy groups -OCH3 is 2. The fourth-order valence-corrected chi connectivity index (χ4v) is 2.73. The summed E-state index contributed by atoms with van der Waals surface area (Å²) in [7, 11) is 2.97. The van der Waals surface area contributed by atoms with Crippen LogP contribution in [-0.4, -0.2) is 14.2 Å². The average molecular weight is 287 g/mol. The maximum Gasteiger partial charge on any atom is 0.163 e. The Labute approximate surface area is 114 Å². The largest absolute Gasteiger partial charge is 0.493 e. The first-order valence-electron chi connectivity index (χ1n) is 5.25. The Bertz CT molecular complexity index is 528. The minimum atomic E-state index is -0.531. The highest BCUT2D eigenvalue weighted by atomic mass is 35.5. The van der Waals surface area contributed by atoms with E-state index in [2.05, 4.69) is 0 Å². The number of ether oxygens (including phenoxy) is 2. The van der Waals surface area contributed by atoms with Gasteiger partial charge in [0.15, 0.2) is 11.5 Å². The third-order valence-electron chi connectivity index (χ3n) is 2.61. The minimum Gasteiger partial charge on any atom is -0.493 e. The first-order valence-corrected chi connectivity index (χ1v) is 6.63. The summed E-state index contributed by atoms with van der Waals surface area (Å²) in [5, 5.41) is 3.27. The van der Waals surface area contributed by atoms with Crippen LogP contribution in [0.4, 0.5) is 4.39 Å². The first kappa shape index (κ1) is 13.2. The average Bonchev–Trinajstić information content (AvgIpc) is 2.91. The van der Waals surface area contributed by atoms with Gasteiger partial charge in [-0.25, -0.2) is 4.39 Å². The molecule has 0 aliphatic heterocycles. The normalized spacial score (nSPS) is 12.2. The van der Waals surface area contributed by atoms with Crippen LogP contribution >= 0.6 is 22.9 Å². The van der Waals surface area contributed by atoms with Gasteiger partial charge in [0.2, 0.25) is 0 Å². The predicted molar refractivity (Wildman–Crippen MR) is 71.5 cm³/mol. The van der Waals surface area contributed by atoms with E-state index >= 15 is 0 Å². The Kier molecular flexibility index (Phi) is 4.09. The summed E-state index contributed by atoms with van der Waals surface area (Å²) in [4.78, 5) is 0. The van der Waals surface area contributed by atoms with E-state index in [-0.39, 0.29) is 0 Å². The molecule has 0 aliphatic rings. The van der Waals surface area contributed by atoms with Gasteiger partial charge in [-0.15, -0.1) is 11.6 Å². The molecular formula is C13H12ClFO2S. The van der Waals surface area contributed by atoms with Gasteiger partial charge in [-0.1, -0.05) is 0 Å². The molecule has 1 aromatic heterocycles. The van der Waals surface area contributed by atoms with Crippen LogP contribution < -0.4 is 9.47 Å². The van der Waals surface area contributed by atoms with Gasteiger partial charge < -0.3 is 9.47 Å². The van der Waals surface area contributed by atoms with Crippen molar-refractivity contribution in [1.82, 2.24) is 0 Å². The second-order valence-electron chi connectivity index (χ2n) is 3.65. The molecular weight excluding hydrogens is 275 g/mol. The molecule has 1 atom stereocenters. The number of rotatable bonds is 4. The molecule has 0 fully saturated rings. The molecule has 5 heteroatoms. The summed E-state index contributed by atoms with van der Waals surface area (Å²) in [6.07, 6.45) is 0.